The zero-order valence-corrected chi connectivity index (χ0v) is 15.7. The topological polar surface area (TPSA) is 107 Å². The number of carbonyl (C=O) groups excluding carboxylic acids is 3. The molecule has 0 saturated carbocycles. The summed E-state index contributed by atoms with van der Waals surface area (Å²) >= 11 is 0. The first-order valence-electron chi connectivity index (χ1n) is 8.84. The number of hydrogen-bond acceptors (Lipinski definition) is 9. The molecule has 2 aliphatic rings. The van der Waals surface area contributed by atoms with Crippen LogP contribution in [0, 0.1) is 0 Å². The quantitative estimate of drug-likeness (QED) is 0.551. The van der Waals surface area contributed by atoms with Crippen LogP contribution >= 0.6 is 0 Å². The van der Waals surface area contributed by atoms with Gasteiger partial charge in [-0.1, -0.05) is 30.3 Å². The summed E-state index contributed by atoms with van der Waals surface area (Å²) in [5.74, 6) is -1.88. The van der Waals surface area contributed by atoms with Crippen LogP contribution in [0.5, 0.6) is 0 Å². The van der Waals surface area contributed by atoms with E-state index in [0.717, 1.165) is 5.56 Å². The minimum Gasteiger partial charge on any atom is -0.455 e. The van der Waals surface area contributed by atoms with Crippen molar-refractivity contribution in [2.45, 2.75) is 57.8 Å². The maximum Gasteiger partial charge on any atom is 0.305 e. The summed E-state index contributed by atoms with van der Waals surface area (Å²) in [5.41, 5.74) is 0.772. The van der Waals surface area contributed by atoms with E-state index in [4.69, 9.17) is 28.4 Å². The van der Waals surface area contributed by atoms with Crippen molar-refractivity contribution < 1.29 is 42.8 Å². The van der Waals surface area contributed by atoms with Crippen LogP contribution in [0.4, 0.5) is 0 Å². The van der Waals surface area contributed by atoms with Crippen molar-refractivity contribution >= 4 is 17.9 Å². The van der Waals surface area contributed by atoms with Gasteiger partial charge >= 0.3 is 17.9 Å². The Hall–Kier alpha value is -2.49. The van der Waals surface area contributed by atoms with Crippen LogP contribution in [0.25, 0.3) is 0 Å². The van der Waals surface area contributed by atoms with Gasteiger partial charge in [0.25, 0.3) is 0 Å². The first-order valence-corrected chi connectivity index (χ1v) is 8.84. The van der Waals surface area contributed by atoms with Crippen molar-refractivity contribution in [1.82, 2.24) is 0 Å². The third kappa shape index (κ3) is 4.67. The van der Waals surface area contributed by atoms with Gasteiger partial charge in [-0.25, -0.2) is 0 Å². The number of esters is 3. The molecule has 0 bridgehead atoms. The summed E-state index contributed by atoms with van der Waals surface area (Å²) in [7, 11) is 0. The van der Waals surface area contributed by atoms with Crippen LogP contribution in [-0.4, -0.2) is 55.2 Å². The highest BCUT2D eigenvalue weighted by Crippen LogP contribution is 2.36. The average molecular weight is 394 g/mol. The Morgan fingerprint density at radius 1 is 0.857 bits per heavy atom. The molecule has 0 amide bonds. The first kappa shape index (κ1) is 20.2. The molecule has 28 heavy (non-hydrogen) atoms. The van der Waals surface area contributed by atoms with E-state index in [1.165, 1.54) is 20.8 Å². The van der Waals surface area contributed by atoms with Gasteiger partial charge in [-0.2, -0.15) is 0 Å². The molecule has 2 saturated heterocycles. The van der Waals surface area contributed by atoms with Crippen LogP contribution < -0.4 is 0 Å². The number of carbonyl (C=O) groups is 3. The van der Waals surface area contributed by atoms with Gasteiger partial charge in [-0.05, 0) is 0 Å². The van der Waals surface area contributed by atoms with Crippen molar-refractivity contribution in [3.05, 3.63) is 35.9 Å². The lowest BCUT2D eigenvalue weighted by Crippen LogP contribution is -2.64. The molecule has 3 rings (SSSR count). The third-order valence-corrected chi connectivity index (χ3v) is 4.24. The largest absolute Gasteiger partial charge is 0.455 e. The third-order valence-electron chi connectivity index (χ3n) is 4.24. The second-order valence-electron chi connectivity index (χ2n) is 6.48. The molecule has 9 nitrogen and oxygen atoms in total. The smallest absolute Gasteiger partial charge is 0.305 e. The molecule has 0 N–H and O–H groups in total. The number of rotatable bonds is 4. The molecule has 1 aromatic carbocycles. The SMILES string of the molecule is CC(=O)O[C@H]1O[C@@H]2CO[C@@H](c3ccccc3)O[C@H]2[C@H](OC(C)=O)[C@H]1OC(C)=O. The van der Waals surface area contributed by atoms with Crippen molar-refractivity contribution in [3.63, 3.8) is 0 Å². The highest BCUT2D eigenvalue weighted by molar-refractivity contribution is 5.68. The molecule has 0 aromatic heterocycles. The van der Waals surface area contributed by atoms with E-state index in [2.05, 4.69) is 0 Å². The Labute approximate surface area is 161 Å². The van der Waals surface area contributed by atoms with Gasteiger partial charge in [-0.3, -0.25) is 14.4 Å². The Morgan fingerprint density at radius 2 is 1.46 bits per heavy atom. The molecule has 152 valence electrons. The van der Waals surface area contributed by atoms with E-state index in [1.807, 2.05) is 30.3 Å². The van der Waals surface area contributed by atoms with Crippen molar-refractivity contribution in [3.8, 4) is 0 Å². The predicted molar refractivity (Wildman–Crippen MR) is 91.5 cm³/mol. The number of ether oxygens (including phenoxy) is 6. The standard InChI is InChI=1S/C19H22O9/c1-10(20)24-16-15-14(9-23-18(28-15)13-7-5-4-6-8-13)27-19(26-12(3)22)17(16)25-11(2)21/h4-8,14-19H,9H2,1-3H3/t14-,15-,16+,17-,18-,19+/m1/s1. The molecule has 9 heteroatoms. The minimum absolute atomic E-state index is 0.104. The number of hydrogen-bond donors (Lipinski definition) is 0. The van der Waals surface area contributed by atoms with E-state index in [-0.39, 0.29) is 6.61 Å². The van der Waals surface area contributed by atoms with E-state index < -0.39 is 54.9 Å². The molecule has 2 fully saturated rings. The highest BCUT2D eigenvalue weighted by atomic mass is 16.8. The summed E-state index contributed by atoms with van der Waals surface area (Å²) in [6, 6.07) is 9.21. The maximum absolute atomic E-state index is 11.7. The fourth-order valence-electron chi connectivity index (χ4n) is 3.23. The monoisotopic (exact) mass is 394 g/mol. The molecule has 0 aliphatic carbocycles. The van der Waals surface area contributed by atoms with Crippen molar-refractivity contribution in [2.24, 2.45) is 0 Å². The molecule has 1 aromatic rings. The van der Waals surface area contributed by atoms with Gasteiger partial charge < -0.3 is 28.4 Å². The van der Waals surface area contributed by atoms with E-state index >= 15 is 0 Å². The van der Waals surface area contributed by atoms with Gasteiger partial charge in [-0.15, -0.1) is 0 Å². The van der Waals surface area contributed by atoms with Gasteiger partial charge in [0.15, 0.2) is 12.4 Å². The molecular weight excluding hydrogens is 372 g/mol. The van der Waals surface area contributed by atoms with Crippen molar-refractivity contribution in [2.75, 3.05) is 6.61 Å². The normalized spacial score (nSPS) is 32.0. The first-order chi connectivity index (χ1) is 13.3. The summed E-state index contributed by atoms with van der Waals surface area (Å²) in [5, 5.41) is 0. The average Bonchev–Trinajstić information content (AvgIpc) is 2.64. The van der Waals surface area contributed by atoms with Crippen molar-refractivity contribution in [1.29, 1.82) is 0 Å². The Kier molecular flexibility index (Phi) is 6.28. The minimum atomic E-state index is -1.26. The lowest BCUT2D eigenvalue weighted by atomic mass is 9.97. The zero-order valence-electron chi connectivity index (χ0n) is 15.7. The van der Waals surface area contributed by atoms with E-state index in [0.29, 0.717) is 0 Å². The van der Waals surface area contributed by atoms with Crippen LogP contribution in [0.2, 0.25) is 0 Å². The fraction of sp³-hybridized carbons (Fsp3) is 0.526. The van der Waals surface area contributed by atoms with Gasteiger partial charge in [0, 0.05) is 26.3 Å². The van der Waals surface area contributed by atoms with Crippen LogP contribution in [0.1, 0.15) is 32.6 Å². The summed E-state index contributed by atoms with van der Waals surface area (Å²) in [4.78, 5) is 34.8. The second-order valence-corrected chi connectivity index (χ2v) is 6.48. The molecule has 6 atom stereocenters. The molecule has 0 radical (unpaired) electrons. The second kappa shape index (κ2) is 8.68. The van der Waals surface area contributed by atoms with Gasteiger partial charge in [0.1, 0.15) is 12.2 Å². The molecular formula is C19H22O9. The maximum atomic E-state index is 11.7. The molecule has 0 unspecified atom stereocenters. The Morgan fingerprint density at radius 3 is 2.07 bits per heavy atom. The zero-order chi connectivity index (χ0) is 20.3. The van der Waals surface area contributed by atoms with Crippen LogP contribution in [0.3, 0.4) is 0 Å². The molecule has 2 heterocycles. The van der Waals surface area contributed by atoms with Crippen LogP contribution in [0.15, 0.2) is 30.3 Å². The van der Waals surface area contributed by atoms with Gasteiger partial charge in [0.05, 0.1) is 6.61 Å². The molecule has 2 aliphatic heterocycles. The summed E-state index contributed by atoms with van der Waals surface area (Å²) < 4.78 is 33.3. The van der Waals surface area contributed by atoms with E-state index in [9.17, 15) is 14.4 Å². The fourth-order valence-corrected chi connectivity index (χ4v) is 3.23. The summed E-state index contributed by atoms with van der Waals surface area (Å²) in [6.07, 6.45) is -5.68. The summed E-state index contributed by atoms with van der Waals surface area (Å²) in [6.45, 7) is 3.72. The number of fused-ring (bicyclic) bond motifs is 1. The van der Waals surface area contributed by atoms with Crippen LogP contribution in [-0.2, 0) is 42.8 Å². The Bertz CT molecular complexity index is 719. The lowest BCUT2D eigenvalue weighted by Gasteiger charge is -2.47. The number of benzene rings is 1. The predicted octanol–water partition coefficient (Wildman–Crippen LogP) is 1.25. The highest BCUT2D eigenvalue weighted by Gasteiger charge is 2.54. The van der Waals surface area contributed by atoms with Gasteiger partial charge in [0.2, 0.25) is 12.4 Å². The van der Waals surface area contributed by atoms with E-state index in [1.54, 1.807) is 0 Å². The lowest BCUT2D eigenvalue weighted by molar-refractivity contribution is -0.356. The molecule has 0 spiro atoms. The Balaban J connectivity index is 1.88.